The van der Waals surface area contributed by atoms with E-state index in [0.717, 1.165) is 4.90 Å². The maximum atomic E-state index is 13.5. The zero-order chi connectivity index (χ0) is 22.9. The third-order valence-electron chi connectivity index (χ3n) is 5.14. The van der Waals surface area contributed by atoms with E-state index in [1.54, 1.807) is 6.08 Å². The number of benzene rings is 1. The SMILES string of the molecule is CC(C)c1nc2nc(-c3ccc(F)cc3)c1/C=C\[C@@H](O)C[C@@H](O)C(C(=O)O)C(=O)N2C. The smallest absolute Gasteiger partial charge is 0.318 e. The number of aromatic nitrogens is 2. The first kappa shape index (κ1) is 22.5. The maximum Gasteiger partial charge on any atom is 0.318 e. The number of carbonyl (C=O) groups is 2. The van der Waals surface area contributed by atoms with Crippen molar-refractivity contribution in [3.8, 4) is 11.3 Å². The topological polar surface area (TPSA) is 124 Å². The number of amides is 1. The Kier molecular flexibility index (Phi) is 6.47. The number of anilines is 1. The molecule has 0 radical (unpaired) electrons. The van der Waals surface area contributed by atoms with E-state index in [9.17, 15) is 29.3 Å². The Hall–Kier alpha value is -3.17. The van der Waals surface area contributed by atoms with Crippen LogP contribution in [0.15, 0.2) is 30.3 Å². The highest BCUT2D eigenvalue weighted by atomic mass is 19.1. The van der Waals surface area contributed by atoms with Gasteiger partial charge in [0.2, 0.25) is 11.9 Å². The second-order valence-corrected chi connectivity index (χ2v) is 7.78. The molecule has 4 rings (SSSR count). The van der Waals surface area contributed by atoms with Crippen molar-refractivity contribution in [2.24, 2.45) is 5.92 Å². The molecule has 31 heavy (non-hydrogen) atoms. The molecule has 3 heterocycles. The molecule has 8 nitrogen and oxygen atoms in total. The minimum Gasteiger partial charge on any atom is -0.481 e. The number of carbonyl (C=O) groups excluding carboxylic acids is 1. The third-order valence-corrected chi connectivity index (χ3v) is 5.14. The second-order valence-electron chi connectivity index (χ2n) is 7.78. The number of carboxylic acids is 1. The van der Waals surface area contributed by atoms with Gasteiger partial charge in [0.05, 0.1) is 23.6 Å². The number of aliphatic carboxylic acids is 1. The van der Waals surface area contributed by atoms with Crippen LogP contribution in [0.5, 0.6) is 0 Å². The summed E-state index contributed by atoms with van der Waals surface area (Å²) in [5.74, 6) is -4.79. The summed E-state index contributed by atoms with van der Waals surface area (Å²) in [6, 6.07) is 5.64. The van der Waals surface area contributed by atoms with E-state index in [0.29, 0.717) is 22.5 Å². The normalized spacial score (nSPS) is 22.9. The molecule has 2 aromatic rings. The van der Waals surface area contributed by atoms with Gasteiger partial charge in [0, 0.05) is 24.6 Å². The molecule has 164 valence electrons. The quantitative estimate of drug-likeness (QED) is 0.639. The average Bonchev–Trinajstić information content (AvgIpc) is 2.70. The van der Waals surface area contributed by atoms with Crippen molar-refractivity contribution in [2.75, 3.05) is 11.9 Å². The van der Waals surface area contributed by atoms with Gasteiger partial charge in [-0.15, -0.1) is 0 Å². The Labute approximate surface area is 178 Å². The summed E-state index contributed by atoms with van der Waals surface area (Å²) >= 11 is 0. The maximum absolute atomic E-state index is 13.5. The summed E-state index contributed by atoms with van der Waals surface area (Å²) < 4.78 is 13.5. The summed E-state index contributed by atoms with van der Waals surface area (Å²) in [6.45, 7) is 3.79. The highest BCUT2D eigenvalue weighted by Gasteiger charge is 2.38. The predicted molar refractivity (Wildman–Crippen MR) is 112 cm³/mol. The van der Waals surface area contributed by atoms with Crippen LogP contribution in [0.25, 0.3) is 17.3 Å². The van der Waals surface area contributed by atoms with Gasteiger partial charge in [0.15, 0.2) is 5.92 Å². The van der Waals surface area contributed by atoms with Crippen LogP contribution in [0.2, 0.25) is 0 Å². The van der Waals surface area contributed by atoms with E-state index in [1.165, 1.54) is 37.4 Å². The lowest BCUT2D eigenvalue weighted by molar-refractivity contribution is -0.151. The molecule has 2 aliphatic heterocycles. The van der Waals surface area contributed by atoms with Gasteiger partial charge in [0.25, 0.3) is 0 Å². The Morgan fingerprint density at radius 3 is 2.42 bits per heavy atom. The molecule has 0 aliphatic carbocycles. The molecule has 3 atom stereocenters. The van der Waals surface area contributed by atoms with Gasteiger partial charge in [-0.05, 0) is 30.2 Å². The number of nitrogens with zero attached hydrogens (tertiary/aromatic N) is 3. The number of rotatable bonds is 3. The van der Waals surface area contributed by atoms with Gasteiger partial charge in [-0.1, -0.05) is 26.0 Å². The fraction of sp³-hybridized carbons (Fsp3) is 0.364. The van der Waals surface area contributed by atoms with Crippen molar-refractivity contribution in [1.82, 2.24) is 9.97 Å². The Morgan fingerprint density at radius 2 is 1.84 bits per heavy atom. The lowest BCUT2D eigenvalue weighted by atomic mass is 9.94. The van der Waals surface area contributed by atoms with E-state index in [2.05, 4.69) is 9.97 Å². The number of fused-ring (bicyclic) bond motifs is 8. The minimum absolute atomic E-state index is 0.0373. The first-order valence-corrected chi connectivity index (χ1v) is 9.82. The summed E-state index contributed by atoms with van der Waals surface area (Å²) in [4.78, 5) is 34.6. The minimum atomic E-state index is -1.80. The van der Waals surface area contributed by atoms with Gasteiger partial charge >= 0.3 is 5.97 Å². The fourth-order valence-electron chi connectivity index (χ4n) is 3.47. The highest BCUT2D eigenvalue weighted by molar-refractivity contribution is 6.05. The van der Waals surface area contributed by atoms with Gasteiger partial charge in [-0.25, -0.2) is 14.4 Å². The lowest BCUT2D eigenvalue weighted by Gasteiger charge is -2.26. The summed E-state index contributed by atoms with van der Waals surface area (Å²) in [5.41, 5.74) is 2.12. The molecule has 1 aromatic heterocycles. The standard InChI is InChI=1S/C22H24FN3O5/c1-11(2)18-15-9-8-14(27)10-16(28)17(21(30)31)20(29)26(3)22(24-18)25-19(15)12-4-6-13(23)7-5-12/h4-9,11,14,16-17,27-28H,10H2,1-3H3,(H,30,31)/b9-8-/t14-,16-,17?/m1/s1. The van der Waals surface area contributed by atoms with Gasteiger partial charge in [0.1, 0.15) is 5.82 Å². The van der Waals surface area contributed by atoms with Crippen LogP contribution < -0.4 is 4.90 Å². The number of halogens is 1. The van der Waals surface area contributed by atoms with Crippen LogP contribution in [-0.4, -0.2) is 56.4 Å². The number of hydrogen-bond donors (Lipinski definition) is 3. The largest absolute Gasteiger partial charge is 0.481 e. The Bertz CT molecular complexity index is 1020. The zero-order valence-electron chi connectivity index (χ0n) is 17.4. The fourth-order valence-corrected chi connectivity index (χ4v) is 3.47. The number of hydrogen-bond acceptors (Lipinski definition) is 6. The van der Waals surface area contributed by atoms with Crippen molar-refractivity contribution in [1.29, 1.82) is 0 Å². The van der Waals surface area contributed by atoms with Crippen LogP contribution in [-0.2, 0) is 9.59 Å². The molecule has 1 aromatic carbocycles. The predicted octanol–water partition coefficient (Wildman–Crippen LogP) is 2.21. The van der Waals surface area contributed by atoms with E-state index >= 15 is 0 Å². The Morgan fingerprint density at radius 1 is 1.19 bits per heavy atom. The summed E-state index contributed by atoms with van der Waals surface area (Å²) in [6.07, 6.45) is -0.156. The lowest BCUT2D eigenvalue weighted by Crippen LogP contribution is -2.45. The van der Waals surface area contributed by atoms with Crippen molar-refractivity contribution in [3.05, 3.63) is 47.4 Å². The molecular formula is C22H24FN3O5. The van der Waals surface area contributed by atoms with Crippen molar-refractivity contribution in [3.63, 3.8) is 0 Å². The van der Waals surface area contributed by atoms with Crippen LogP contribution in [0.4, 0.5) is 10.3 Å². The molecule has 1 unspecified atom stereocenters. The molecule has 0 fully saturated rings. The Balaban J connectivity index is 2.30. The van der Waals surface area contributed by atoms with E-state index in [1.807, 2.05) is 13.8 Å². The van der Waals surface area contributed by atoms with Crippen molar-refractivity contribution in [2.45, 2.75) is 38.4 Å². The molecule has 2 bridgehead atoms. The number of carboxylic acid groups (broad SMARTS) is 1. The highest BCUT2D eigenvalue weighted by Crippen LogP contribution is 2.32. The first-order chi connectivity index (χ1) is 14.6. The number of aliphatic hydroxyl groups is 2. The summed E-state index contributed by atoms with van der Waals surface area (Å²) in [7, 11) is 1.33. The summed E-state index contributed by atoms with van der Waals surface area (Å²) in [5, 5.41) is 30.2. The van der Waals surface area contributed by atoms with Crippen molar-refractivity contribution < 1.29 is 29.3 Å². The molecule has 0 saturated carbocycles. The van der Waals surface area contributed by atoms with Crippen LogP contribution in [0.3, 0.4) is 0 Å². The molecule has 2 aliphatic rings. The van der Waals surface area contributed by atoms with Crippen molar-refractivity contribution >= 4 is 23.9 Å². The van der Waals surface area contributed by atoms with Gasteiger partial charge < -0.3 is 15.3 Å². The van der Waals surface area contributed by atoms with Crippen LogP contribution >= 0.6 is 0 Å². The third kappa shape index (κ3) is 4.62. The molecule has 3 N–H and O–H groups in total. The van der Waals surface area contributed by atoms with E-state index in [4.69, 9.17) is 0 Å². The van der Waals surface area contributed by atoms with E-state index < -0.39 is 35.8 Å². The molecule has 0 saturated heterocycles. The molecular weight excluding hydrogens is 405 g/mol. The second kappa shape index (κ2) is 8.91. The van der Waals surface area contributed by atoms with Gasteiger partial charge in [-0.3, -0.25) is 14.5 Å². The average molecular weight is 429 g/mol. The van der Waals surface area contributed by atoms with Crippen LogP contribution in [0.1, 0.15) is 37.4 Å². The van der Waals surface area contributed by atoms with Gasteiger partial charge in [-0.2, -0.15) is 0 Å². The van der Waals surface area contributed by atoms with E-state index in [-0.39, 0.29) is 18.3 Å². The molecule has 9 heteroatoms. The molecule has 0 spiro atoms. The monoisotopic (exact) mass is 429 g/mol. The number of aliphatic hydroxyl groups excluding tert-OH is 2. The first-order valence-electron chi connectivity index (χ1n) is 9.82. The van der Waals surface area contributed by atoms with Crippen LogP contribution in [0, 0.1) is 11.7 Å². The zero-order valence-corrected chi connectivity index (χ0v) is 17.4. The molecule has 1 amide bonds.